The van der Waals surface area contributed by atoms with Crippen LogP contribution in [0.15, 0.2) is 115 Å². The van der Waals surface area contributed by atoms with Crippen LogP contribution >= 0.6 is 0 Å². The maximum Gasteiger partial charge on any atom is 0.242 e. The van der Waals surface area contributed by atoms with E-state index in [1.807, 2.05) is 0 Å². The lowest BCUT2D eigenvalue weighted by molar-refractivity contribution is 0.588. The van der Waals surface area contributed by atoms with Gasteiger partial charge in [-0.1, -0.05) is 134 Å². The molecule has 0 bridgehead atoms. The highest BCUT2D eigenvalue weighted by atomic mass is 15.0. The van der Waals surface area contributed by atoms with Crippen LogP contribution in [0.4, 0.5) is 0 Å². The van der Waals surface area contributed by atoms with Crippen LogP contribution in [0.2, 0.25) is 0 Å². The molecule has 0 radical (unpaired) electrons. The topological polar surface area (TPSA) is 4.93 Å². The van der Waals surface area contributed by atoms with Crippen molar-refractivity contribution in [2.45, 2.75) is 63.7 Å². The largest absolute Gasteiger partial charge is 0.313 e. The number of para-hydroxylation sites is 1. The van der Waals surface area contributed by atoms with Crippen molar-refractivity contribution in [3.8, 4) is 5.69 Å². The van der Waals surface area contributed by atoms with Gasteiger partial charge in [-0.3, -0.25) is 0 Å². The Morgan fingerprint density at radius 1 is 0.659 bits per heavy atom. The van der Waals surface area contributed by atoms with Crippen LogP contribution < -0.4 is 16.4 Å². The Labute approximate surface area is 261 Å². The van der Waals surface area contributed by atoms with Crippen LogP contribution in [0.3, 0.4) is 0 Å². The summed E-state index contributed by atoms with van der Waals surface area (Å²) >= 11 is 0. The van der Waals surface area contributed by atoms with Crippen molar-refractivity contribution in [3.63, 3.8) is 0 Å². The molecule has 3 aliphatic rings. The fourth-order valence-electron chi connectivity index (χ4n) is 9.58. The monoisotopic (exact) mass is 567 g/mol. The third-order valence-corrected chi connectivity index (χ3v) is 11.5. The van der Waals surface area contributed by atoms with Gasteiger partial charge in [0.25, 0.3) is 0 Å². The zero-order chi connectivity index (χ0) is 29.6. The Bertz CT molecular complexity index is 2100. The molecule has 2 heteroatoms. The van der Waals surface area contributed by atoms with Crippen molar-refractivity contribution in [2.75, 3.05) is 0 Å². The van der Waals surface area contributed by atoms with Crippen LogP contribution in [-0.2, 0) is 23.7 Å². The van der Waals surface area contributed by atoms with Crippen LogP contribution in [0.25, 0.3) is 16.6 Å². The number of aryl methyl sites for hydroxylation is 1. The SMILES string of the molecule is CCC1(c2ccccc2)c2ccccc2B2c3ccccc3C(C)(C)c3cc(-n4c5c(c6ccccc64)CCCC5)cc1c32. The van der Waals surface area contributed by atoms with Gasteiger partial charge in [0.2, 0.25) is 6.71 Å². The van der Waals surface area contributed by atoms with E-state index in [2.05, 4.69) is 141 Å². The first kappa shape index (κ1) is 26.1. The molecular weight excluding hydrogens is 529 g/mol. The van der Waals surface area contributed by atoms with E-state index in [0.29, 0.717) is 0 Å². The summed E-state index contributed by atoms with van der Waals surface area (Å²) in [5, 5.41) is 1.44. The molecule has 1 nitrogen and oxygen atoms in total. The van der Waals surface area contributed by atoms with Crippen molar-refractivity contribution < 1.29 is 0 Å². The Morgan fingerprint density at radius 2 is 1.30 bits per heavy atom. The van der Waals surface area contributed by atoms with Gasteiger partial charge in [0.15, 0.2) is 0 Å². The number of nitrogens with zero attached hydrogens (tertiary/aromatic N) is 1. The highest BCUT2D eigenvalue weighted by molar-refractivity contribution is 6.97. The average molecular weight is 568 g/mol. The summed E-state index contributed by atoms with van der Waals surface area (Å²) in [5.74, 6) is 0. The number of aromatic nitrogens is 1. The Kier molecular flexibility index (Phi) is 5.56. The zero-order valence-electron chi connectivity index (χ0n) is 26.0. The van der Waals surface area contributed by atoms with Gasteiger partial charge in [-0.15, -0.1) is 0 Å². The normalized spacial score (nSPS) is 19.2. The van der Waals surface area contributed by atoms with Crippen molar-refractivity contribution in [1.29, 1.82) is 0 Å². The highest BCUT2D eigenvalue weighted by Crippen LogP contribution is 2.48. The van der Waals surface area contributed by atoms with Crippen LogP contribution in [0.1, 0.15) is 79.1 Å². The molecule has 0 amide bonds. The van der Waals surface area contributed by atoms with Gasteiger partial charge in [-0.05, 0) is 83.7 Å². The second-order valence-corrected chi connectivity index (χ2v) is 13.8. The number of benzene rings is 5. The molecule has 1 aliphatic carbocycles. The molecule has 0 spiro atoms. The first-order valence-electron chi connectivity index (χ1n) is 16.6. The first-order chi connectivity index (χ1) is 21.6. The molecule has 3 heterocycles. The van der Waals surface area contributed by atoms with Crippen LogP contribution in [-0.4, -0.2) is 11.3 Å². The fourth-order valence-corrected chi connectivity index (χ4v) is 9.58. The molecule has 1 unspecified atom stereocenters. The predicted octanol–water partition coefficient (Wildman–Crippen LogP) is 7.72. The summed E-state index contributed by atoms with van der Waals surface area (Å²) < 4.78 is 2.65. The molecule has 1 atom stereocenters. The van der Waals surface area contributed by atoms with Crippen molar-refractivity contribution in [2.24, 2.45) is 0 Å². The number of hydrogen-bond donors (Lipinski definition) is 0. The molecule has 0 fully saturated rings. The molecule has 1 aromatic heterocycles. The van der Waals surface area contributed by atoms with Gasteiger partial charge in [-0.2, -0.15) is 0 Å². The van der Waals surface area contributed by atoms with Gasteiger partial charge < -0.3 is 4.57 Å². The van der Waals surface area contributed by atoms with Crippen molar-refractivity contribution in [1.82, 2.24) is 4.57 Å². The number of hydrogen-bond acceptors (Lipinski definition) is 0. The maximum absolute atomic E-state index is 2.65. The summed E-state index contributed by atoms with van der Waals surface area (Å²) in [5.41, 5.74) is 17.2. The zero-order valence-corrected chi connectivity index (χ0v) is 26.0. The molecule has 0 saturated heterocycles. The molecule has 214 valence electrons. The van der Waals surface area contributed by atoms with Gasteiger partial charge in [0, 0.05) is 27.6 Å². The predicted molar refractivity (Wildman–Crippen MR) is 186 cm³/mol. The quantitative estimate of drug-likeness (QED) is 0.193. The van der Waals surface area contributed by atoms with E-state index in [4.69, 9.17) is 0 Å². The molecule has 0 saturated carbocycles. The van der Waals surface area contributed by atoms with Crippen molar-refractivity contribution in [3.05, 3.63) is 154 Å². The summed E-state index contributed by atoms with van der Waals surface area (Å²) in [6.07, 6.45) is 5.87. The summed E-state index contributed by atoms with van der Waals surface area (Å²) in [4.78, 5) is 0. The lowest BCUT2D eigenvalue weighted by Crippen LogP contribution is -2.67. The fraction of sp³-hybridized carbons (Fsp3) is 0.238. The number of fused-ring (bicyclic) bond motifs is 7. The molecule has 44 heavy (non-hydrogen) atoms. The van der Waals surface area contributed by atoms with E-state index < -0.39 is 0 Å². The molecule has 9 rings (SSSR count). The molecular formula is C42H38BN. The minimum Gasteiger partial charge on any atom is -0.313 e. The second-order valence-electron chi connectivity index (χ2n) is 13.8. The molecule has 2 aliphatic heterocycles. The lowest BCUT2D eigenvalue weighted by atomic mass is 9.26. The van der Waals surface area contributed by atoms with E-state index in [0.717, 1.165) is 12.8 Å². The Balaban J connectivity index is 1.46. The molecule has 0 N–H and O–H groups in total. The van der Waals surface area contributed by atoms with Crippen molar-refractivity contribution >= 4 is 34.0 Å². The molecule has 5 aromatic carbocycles. The van der Waals surface area contributed by atoms with Gasteiger partial charge in [-0.25, -0.2) is 0 Å². The minimum atomic E-state index is -0.236. The Hall–Kier alpha value is -4.30. The van der Waals surface area contributed by atoms with E-state index in [9.17, 15) is 0 Å². The van der Waals surface area contributed by atoms with E-state index in [1.54, 1.807) is 5.56 Å². The van der Waals surface area contributed by atoms with Crippen LogP contribution in [0.5, 0.6) is 0 Å². The maximum atomic E-state index is 2.65. The standard InChI is InChI=1S/C42H38BN/c1-4-42(28-16-6-5-7-17-28)33-21-11-13-23-37(33)43-36-22-12-10-20-32(36)41(2,3)34-26-29(27-35(42)40(34)43)44-38-24-14-8-18-30(38)31-19-9-15-25-39(31)44/h5-8,10-14,16-18,20-24,26-27H,4,9,15,19,25H2,1-3H3. The summed E-state index contributed by atoms with van der Waals surface area (Å²) in [6, 6.07) is 44.3. The summed E-state index contributed by atoms with van der Waals surface area (Å²) in [6.45, 7) is 7.55. The highest BCUT2D eigenvalue weighted by Gasteiger charge is 2.51. The lowest BCUT2D eigenvalue weighted by Gasteiger charge is -2.49. The smallest absolute Gasteiger partial charge is 0.242 e. The second kappa shape index (κ2) is 9.35. The van der Waals surface area contributed by atoms with E-state index in [1.165, 1.54) is 85.8 Å². The third kappa shape index (κ3) is 3.27. The number of rotatable bonds is 3. The van der Waals surface area contributed by atoms with Gasteiger partial charge >= 0.3 is 0 Å². The molecule has 6 aromatic rings. The summed E-state index contributed by atoms with van der Waals surface area (Å²) in [7, 11) is 0. The first-order valence-corrected chi connectivity index (χ1v) is 16.6. The van der Waals surface area contributed by atoms with Crippen LogP contribution in [0, 0.1) is 0 Å². The van der Waals surface area contributed by atoms with E-state index in [-0.39, 0.29) is 17.5 Å². The van der Waals surface area contributed by atoms with Gasteiger partial charge in [0.1, 0.15) is 0 Å². The third-order valence-electron chi connectivity index (χ3n) is 11.5. The van der Waals surface area contributed by atoms with E-state index >= 15 is 0 Å². The Morgan fingerprint density at radius 3 is 2.09 bits per heavy atom. The van der Waals surface area contributed by atoms with Gasteiger partial charge in [0.05, 0.1) is 5.52 Å². The minimum absolute atomic E-state index is 0.126. The average Bonchev–Trinajstić information content (AvgIpc) is 3.41.